The van der Waals surface area contributed by atoms with Crippen molar-refractivity contribution in [1.82, 2.24) is 18.8 Å². The van der Waals surface area contributed by atoms with Gasteiger partial charge in [-0.05, 0) is 32.6 Å². The highest BCUT2D eigenvalue weighted by Gasteiger charge is 2.34. The van der Waals surface area contributed by atoms with Crippen molar-refractivity contribution in [3.05, 3.63) is 17.7 Å². The molecule has 0 aromatic carbocycles. The SMILES string of the molecule is CCCS(=O)(=O)N1CCn2cc(CC(=O)N3CCCCC3)nc2[C@@H]1C. The van der Waals surface area contributed by atoms with Crippen LogP contribution in [0.3, 0.4) is 0 Å². The Morgan fingerprint density at radius 1 is 1.20 bits per heavy atom. The minimum Gasteiger partial charge on any atom is -0.342 e. The van der Waals surface area contributed by atoms with Gasteiger partial charge in [0.25, 0.3) is 0 Å². The van der Waals surface area contributed by atoms with Gasteiger partial charge in [0, 0.05) is 32.4 Å². The van der Waals surface area contributed by atoms with Crippen molar-refractivity contribution >= 4 is 15.9 Å². The molecule has 0 radical (unpaired) electrons. The number of rotatable bonds is 5. The molecule has 0 spiro atoms. The fourth-order valence-electron chi connectivity index (χ4n) is 3.78. The molecular formula is C17H28N4O3S. The second-order valence-corrected chi connectivity index (χ2v) is 9.05. The zero-order chi connectivity index (χ0) is 18.0. The summed E-state index contributed by atoms with van der Waals surface area (Å²) in [6.45, 7) is 6.48. The molecular weight excluding hydrogens is 340 g/mol. The van der Waals surface area contributed by atoms with Gasteiger partial charge in [0.15, 0.2) is 0 Å². The molecule has 25 heavy (non-hydrogen) atoms. The standard InChI is InChI=1S/C17H28N4O3S/c1-3-11-25(23,24)21-10-9-20-13-15(18-17(20)14(21)2)12-16(22)19-7-5-4-6-8-19/h13-14H,3-12H2,1-2H3/t14-/m0/s1. The number of sulfonamides is 1. The van der Waals surface area contributed by atoms with Gasteiger partial charge >= 0.3 is 0 Å². The molecule has 0 saturated carbocycles. The molecule has 2 aliphatic heterocycles. The molecule has 3 rings (SSSR count). The van der Waals surface area contributed by atoms with E-state index in [0.717, 1.165) is 37.4 Å². The molecule has 1 aromatic heterocycles. The number of nitrogens with zero attached hydrogens (tertiary/aromatic N) is 4. The molecule has 0 bridgehead atoms. The quantitative estimate of drug-likeness (QED) is 0.790. The average Bonchev–Trinajstić information content (AvgIpc) is 2.99. The minimum absolute atomic E-state index is 0.123. The number of imidazole rings is 1. The van der Waals surface area contributed by atoms with E-state index in [4.69, 9.17) is 0 Å². The Bertz CT molecular complexity index is 722. The van der Waals surface area contributed by atoms with E-state index in [1.165, 1.54) is 6.42 Å². The maximum Gasteiger partial charge on any atom is 0.228 e. The Kier molecular flexibility index (Phi) is 5.48. The smallest absolute Gasteiger partial charge is 0.228 e. The van der Waals surface area contributed by atoms with Gasteiger partial charge in [-0.1, -0.05) is 6.92 Å². The summed E-state index contributed by atoms with van der Waals surface area (Å²) in [5.74, 6) is 1.03. The maximum absolute atomic E-state index is 12.4. The summed E-state index contributed by atoms with van der Waals surface area (Å²) in [7, 11) is -3.25. The molecule has 3 heterocycles. The van der Waals surface area contributed by atoms with E-state index in [1.807, 2.05) is 29.5 Å². The first-order valence-corrected chi connectivity index (χ1v) is 10.9. The molecule has 1 saturated heterocycles. The van der Waals surface area contributed by atoms with Crippen LogP contribution in [-0.2, 0) is 27.8 Å². The van der Waals surface area contributed by atoms with Crippen molar-refractivity contribution < 1.29 is 13.2 Å². The largest absolute Gasteiger partial charge is 0.342 e. The van der Waals surface area contributed by atoms with Crippen LogP contribution in [0.1, 0.15) is 57.1 Å². The zero-order valence-electron chi connectivity index (χ0n) is 15.1. The minimum atomic E-state index is -3.25. The molecule has 0 unspecified atom stereocenters. The van der Waals surface area contributed by atoms with Crippen LogP contribution in [0.25, 0.3) is 0 Å². The third-order valence-electron chi connectivity index (χ3n) is 5.08. The van der Waals surface area contributed by atoms with Crippen molar-refractivity contribution in [2.75, 3.05) is 25.4 Å². The van der Waals surface area contributed by atoms with Crippen LogP contribution in [0, 0.1) is 0 Å². The van der Waals surface area contributed by atoms with Gasteiger partial charge in [-0.15, -0.1) is 0 Å². The number of hydrogen-bond donors (Lipinski definition) is 0. The van der Waals surface area contributed by atoms with Crippen LogP contribution in [0.15, 0.2) is 6.20 Å². The van der Waals surface area contributed by atoms with Gasteiger partial charge in [0.05, 0.1) is 23.9 Å². The first-order chi connectivity index (χ1) is 11.9. The van der Waals surface area contributed by atoms with E-state index in [0.29, 0.717) is 25.9 Å². The second kappa shape index (κ2) is 7.45. The van der Waals surface area contributed by atoms with Crippen molar-refractivity contribution in [3.8, 4) is 0 Å². The fraction of sp³-hybridized carbons (Fsp3) is 0.765. The lowest BCUT2D eigenvalue weighted by Gasteiger charge is -2.32. The Morgan fingerprint density at radius 2 is 1.92 bits per heavy atom. The Hall–Kier alpha value is -1.41. The number of fused-ring (bicyclic) bond motifs is 1. The topological polar surface area (TPSA) is 75.5 Å². The first kappa shape index (κ1) is 18.4. The number of amides is 1. The number of aromatic nitrogens is 2. The molecule has 1 aromatic rings. The van der Waals surface area contributed by atoms with Gasteiger partial charge in [0.1, 0.15) is 5.82 Å². The molecule has 1 amide bonds. The predicted octanol–water partition coefficient (Wildman–Crippen LogP) is 1.55. The van der Waals surface area contributed by atoms with Crippen molar-refractivity contribution in [3.63, 3.8) is 0 Å². The van der Waals surface area contributed by atoms with Gasteiger partial charge in [-0.2, -0.15) is 4.31 Å². The third-order valence-corrected chi connectivity index (χ3v) is 7.22. The summed E-state index contributed by atoms with van der Waals surface area (Å²) in [5, 5.41) is 0. The van der Waals surface area contributed by atoms with Crippen LogP contribution in [0.5, 0.6) is 0 Å². The van der Waals surface area contributed by atoms with Crippen LogP contribution in [0.4, 0.5) is 0 Å². The number of hydrogen-bond acceptors (Lipinski definition) is 4. The first-order valence-electron chi connectivity index (χ1n) is 9.25. The van der Waals surface area contributed by atoms with E-state index in [1.54, 1.807) is 4.31 Å². The van der Waals surface area contributed by atoms with Crippen LogP contribution in [0.2, 0.25) is 0 Å². The molecule has 8 heteroatoms. The fourth-order valence-corrected chi connectivity index (χ4v) is 5.46. The Labute approximate surface area is 150 Å². The molecule has 7 nitrogen and oxygen atoms in total. The monoisotopic (exact) mass is 368 g/mol. The van der Waals surface area contributed by atoms with Crippen LogP contribution in [-0.4, -0.2) is 58.5 Å². The van der Waals surface area contributed by atoms with Crippen molar-refractivity contribution in [2.45, 2.75) is 58.5 Å². The van der Waals surface area contributed by atoms with E-state index in [2.05, 4.69) is 4.98 Å². The molecule has 0 N–H and O–H groups in total. The maximum atomic E-state index is 12.4. The number of carbonyl (C=O) groups is 1. The van der Waals surface area contributed by atoms with E-state index in [-0.39, 0.29) is 17.7 Å². The lowest BCUT2D eigenvalue weighted by atomic mass is 10.1. The molecule has 1 atom stereocenters. The highest BCUT2D eigenvalue weighted by molar-refractivity contribution is 7.89. The van der Waals surface area contributed by atoms with Crippen LogP contribution >= 0.6 is 0 Å². The Balaban J connectivity index is 1.72. The summed E-state index contributed by atoms with van der Waals surface area (Å²) >= 11 is 0. The van der Waals surface area contributed by atoms with Gasteiger partial charge in [-0.3, -0.25) is 4.79 Å². The normalized spacial score (nSPS) is 22.0. The van der Waals surface area contributed by atoms with E-state index >= 15 is 0 Å². The number of carbonyl (C=O) groups excluding carboxylic acids is 1. The average molecular weight is 369 g/mol. The predicted molar refractivity (Wildman–Crippen MR) is 95.6 cm³/mol. The van der Waals surface area contributed by atoms with Gasteiger partial charge in [-0.25, -0.2) is 13.4 Å². The van der Waals surface area contributed by atoms with Crippen LogP contribution < -0.4 is 0 Å². The van der Waals surface area contributed by atoms with Gasteiger partial charge in [0.2, 0.25) is 15.9 Å². The van der Waals surface area contributed by atoms with E-state index < -0.39 is 10.0 Å². The van der Waals surface area contributed by atoms with Crippen molar-refractivity contribution in [1.29, 1.82) is 0 Å². The summed E-state index contributed by atoms with van der Waals surface area (Å²) < 4.78 is 28.4. The zero-order valence-corrected chi connectivity index (χ0v) is 16.0. The van der Waals surface area contributed by atoms with Gasteiger partial charge < -0.3 is 9.47 Å². The molecule has 0 aliphatic carbocycles. The Morgan fingerprint density at radius 3 is 2.60 bits per heavy atom. The lowest BCUT2D eigenvalue weighted by molar-refractivity contribution is -0.131. The highest BCUT2D eigenvalue weighted by Crippen LogP contribution is 2.28. The van der Waals surface area contributed by atoms with Crippen molar-refractivity contribution in [2.24, 2.45) is 0 Å². The molecule has 140 valence electrons. The number of likely N-dealkylation sites (tertiary alicyclic amines) is 1. The summed E-state index contributed by atoms with van der Waals surface area (Å²) in [6, 6.07) is -0.288. The summed E-state index contributed by atoms with van der Waals surface area (Å²) in [6.07, 6.45) is 6.17. The lowest BCUT2D eigenvalue weighted by Crippen LogP contribution is -2.42. The molecule has 2 aliphatic rings. The second-order valence-electron chi connectivity index (χ2n) is 7.00. The third kappa shape index (κ3) is 3.89. The summed E-state index contributed by atoms with van der Waals surface area (Å²) in [5.41, 5.74) is 0.743. The molecule has 1 fully saturated rings. The summed E-state index contributed by atoms with van der Waals surface area (Å²) in [4.78, 5) is 19.0. The van der Waals surface area contributed by atoms with E-state index in [9.17, 15) is 13.2 Å². The highest BCUT2D eigenvalue weighted by atomic mass is 32.2. The number of piperidine rings is 1.